The third-order valence-corrected chi connectivity index (χ3v) is 2.40. The Hall–Kier alpha value is -2.56. The highest BCUT2D eigenvalue weighted by molar-refractivity contribution is 5.92. The molecule has 0 radical (unpaired) electrons. The number of benzene rings is 2. The Morgan fingerprint density at radius 2 is 1.95 bits per heavy atom. The van der Waals surface area contributed by atoms with Crippen LogP contribution in [0.2, 0.25) is 0 Å². The summed E-state index contributed by atoms with van der Waals surface area (Å²) < 4.78 is 18.4. The molecule has 0 atom stereocenters. The van der Waals surface area contributed by atoms with E-state index in [-0.39, 0.29) is 18.2 Å². The summed E-state index contributed by atoms with van der Waals surface area (Å²) >= 11 is 0. The Kier molecular flexibility index (Phi) is 3.97. The fourth-order valence-corrected chi connectivity index (χ4v) is 1.47. The second-order valence-electron chi connectivity index (χ2n) is 3.89. The fraction of sp³-hybridized carbons (Fsp3) is 0.0714. The maximum absolute atomic E-state index is 13.2. The van der Waals surface area contributed by atoms with Gasteiger partial charge in [0, 0.05) is 5.69 Å². The molecule has 2 aromatic rings. The molecule has 0 spiro atoms. The molecule has 0 saturated heterocycles. The maximum Gasteiger partial charge on any atom is 0.262 e. The number of halogens is 1. The van der Waals surface area contributed by atoms with Gasteiger partial charge in [0.15, 0.2) is 6.61 Å². The molecule has 0 bridgehead atoms. The van der Waals surface area contributed by atoms with Crippen LogP contribution in [0.4, 0.5) is 15.8 Å². The number of carbonyl (C=O) groups is 1. The van der Waals surface area contributed by atoms with Crippen LogP contribution in [-0.2, 0) is 4.79 Å². The van der Waals surface area contributed by atoms with Crippen molar-refractivity contribution in [3.63, 3.8) is 0 Å². The van der Waals surface area contributed by atoms with Gasteiger partial charge >= 0.3 is 0 Å². The van der Waals surface area contributed by atoms with Crippen LogP contribution in [0, 0.1) is 5.82 Å². The molecule has 98 valence electrons. The Morgan fingerprint density at radius 3 is 2.63 bits per heavy atom. The Bertz CT molecular complexity index is 573. The summed E-state index contributed by atoms with van der Waals surface area (Å²) in [7, 11) is 0. The second-order valence-corrected chi connectivity index (χ2v) is 3.89. The lowest BCUT2D eigenvalue weighted by Gasteiger charge is -2.08. The molecule has 1 amide bonds. The summed E-state index contributed by atoms with van der Waals surface area (Å²) in [6, 6.07) is 13.0. The average molecular weight is 260 g/mol. The number of hydrogen-bond acceptors (Lipinski definition) is 3. The van der Waals surface area contributed by atoms with Crippen LogP contribution >= 0.6 is 0 Å². The van der Waals surface area contributed by atoms with Gasteiger partial charge in [-0.15, -0.1) is 0 Å². The Morgan fingerprint density at radius 1 is 1.21 bits per heavy atom. The van der Waals surface area contributed by atoms with Gasteiger partial charge in [-0.2, -0.15) is 0 Å². The van der Waals surface area contributed by atoms with Gasteiger partial charge in [0.2, 0.25) is 0 Å². The van der Waals surface area contributed by atoms with Crippen LogP contribution in [0.3, 0.4) is 0 Å². The van der Waals surface area contributed by atoms with Crippen molar-refractivity contribution in [1.82, 2.24) is 0 Å². The number of amides is 1. The first-order valence-electron chi connectivity index (χ1n) is 5.68. The first-order chi connectivity index (χ1) is 9.15. The number of nitrogens with two attached hydrogens (primary N) is 1. The van der Waals surface area contributed by atoms with Gasteiger partial charge < -0.3 is 15.8 Å². The topological polar surface area (TPSA) is 64.3 Å². The van der Waals surface area contributed by atoms with Crippen molar-refractivity contribution in [1.29, 1.82) is 0 Å². The van der Waals surface area contributed by atoms with Gasteiger partial charge in [0.25, 0.3) is 5.91 Å². The zero-order valence-corrected chi connectivity index (χ0v) is 10.1. The first-order valence-corrected chi connectivity index (χ1v) is 5.68. The minimum Gasteiger partial charge on any atom is -0.484 e. The molecule has 5 heteroatoms. The summed E-state index contributed by atoms with van der Waals surface area (Å²) in [4.78, 5) is 11.6. The van der Waals surface area contributed by atoms with E-state index in [0.29, 0.717) is 11.4 Å². The van der Waals surface area contributed by atoms with Crippen molar-refractivity contribution < 1.29 is 13.9 Å². The number of nitrogen functional groups attached to an aromatic ring is 1. The predicted molar refractivity (Wildman–Crippen MR) is 71.4 cm³/mol. The Labute approximate surface area is 110 Å². The van der Waals surface area contributed by atoms with Gasteiger partial charge in [-0.05, 0) is 30.3 Å². The second kappa shape index (κ2) is 5.86. The molecular weight excluding hydrogens is 247 g/mol. The van der Waals surface area contributed by atoms with E-state index in [4.69, 9.17) is 10.5 Å². The van der Waals surface area contributed by atoms with Crippen LogP contribution in [0.1, 0.15) is 0 Å². The van der Waals surface area contributed by atoms with Gasteiger partial charge in [-0.25, -0.2) is 4.39 Å². The van der Waals surface area contributed by atoms with Crippen molar-refractivity contribution in [3.8, 4) is 5.75 Å². The largest absolute Gasteiger partial charge is 0.484 e. The molecule has 0 heterocycles. The molecule has 2 rings (SSSR count). The molecule has 0 aliphatic rings. The van der Waals surface area contributed by atoms with Crippen LogP contribution in [0.15, 0.2) is 48.5 Å². The van der Waals surface area contributed by atoms with Crippen LogP contribution < -0.4 is 15.8 Å². The number of hydrogen-bond donors (Lipinski definition) is 2. The van der Waals surface area contributed by atoms with E-state index in [1.807, 2.05) is 18.2 Å². The zero-order valence-electron chi connectivity index (χ0n) is 10.1. The molecular formula is C14H13FN2O2. The van der Waals surface area contributed by atoms with Gasteiger partial charge in [-0.3, -0.25) is 4.79 Å². The van der Waals surface area contributed by atoms with E-state index in [1.165, 1.54) is 12.1 Å². The molecule has 2 aromatic carbocycles. The van der Waals surface area contributed by atoms with Crippen molar-refractivity contribution >= 4 is 17.3 Å². The minimum absolute atomic E-state index is 0.0403. The number of rotatable bonds is 4. The molecule has 0 saturated carbocycles. The summed E-state index contributed by atoms with van der Waals surface area (Å²) in [5.41, 5.74) is 5.72. The number of anilines is 2. The molecule has 0 fully saturated rings. The Balaban J connectivity index is 1.89. The van der Waals surface area contributed by atoms with Gasteiger partial charge in [0.05, 0.1) is 5.69 Å². The van der Waals surface area contributed by atoms with Crippen LogP contribution in [-0.4, -0.2) is 12.5 Å². The van der Waals surface area contributed by atoms with Crippen molar-refractivity contribution in [2.75, 3.05) is 17.7 Å². The van der Waals surface area contributed by atoms with Crippen LogP contribution in [0.5, 0.6) is 5.75 Å². The van der Waals surface area contributed by atoms with Crippen molar-refractivity contribution in [3.05, 3.63) is 54.3 Å². The highest BCUT2D eigenvalue weighted by Crippen LogP contribution is 2.16. The maximum atomic E-state index is 13.2. The zero-order chi connectivity index (χ0) is 13.7. The van der Waals surface area contributed by atoms with Gasteiger partial charge in [-0.1, -0.05) is 18.2 Å². The van der Waals surface area contributed by atoms with E-state index in [0.717, 1.165) is 6.07 Å². The van der Waals surface area contributed by atoms with Crippen LogP contribution in [0.25, 0.3) is 0 Å². The number of ether oxygens (including phenoxy) is 1. The third kappa shape index (κ3) is 3.70. The average Bonchev–Trinajstić information content (AvgIpc) is 2.42. The molecule has 3 N–H and O–H groups in total. The normalized spacial score (nSPS) is 9.95. The first kappa shape index (κ1) is 12.9. The lowest BCUT2D eigenvalue weighted by Crippen LogP contribution is -2.20. The third-order valence-electron chi connectivity index (χ3n) is 2.40. The van der Waals surface area contributed by atoms with E-state index in [9.17, 15) is 9.18 Å². The number of para-hydroxylation sites is 1. The van der Waals surface area contributed by atoms with E-state index < -0.39 is 5.82 Å². The highest BCUT2D eigenvalue weighted by Gasteiger charge is 2.05. The standard InChI is InChI=1S/C14H13FN2O2/c15-12-8-10(6-7-13(12)16)17-14(18)9-19-11-4-2-1-3-5-11/h1-8H,9,16H2,(H,17,18). The predicted octanol–water partition coefficient (Wildman–Crippen LogP) is 2.43. The quantitative estimate of drug-likeness (QED) is 0.830. The smallest absolute Gasteiger partial charge is 0.262 e. The molecule has 19 heavy (non-hydrogen) atoms. The van der Waals surface area contributed by atoms with Crippen molar-refractivity contribution in [2.24, 2.45) is 0 Å². The minimum atomic E-state index is -0.568. The summed E-state index contributed by atoms with van der Waals surface area (Å²) in [5, 5.41) is 2.52. The van der Waals surface area contributed by atoms with E-state index >= 15 is 0 Å². The van der Waals surface area contributed by atoms with E-state index in [2.05, 4.69) is 5.32 Å². The lowest BCUT2D eigenvalue weighted by atomic mass is 10.2. The lowest BCUT2D eigenvalue weighted by molar-refractivity contribution is -0.118. The van der Waals surface area contributed by atoms with Crippen molar-refractivity contribution in [2.45, 2.75) is 0 Å². The summed E-state index contributed by atoms with van der Waals surface area (Å²) in [6.45, 7) is -0.143. The number of carbonyl (C=O) groups excluding carboxylic acids is 1. The van der Waals surface area contributed by atoms with E-state index in [1.54, 1.807) is 12.1 Å². The molecule has 0 aromatic heterocycles. The molecule has 0 unspecified atom stereocenters. The monoisotopic (exact) mass is 260 g/mol. The SMILES string of the molecule is Nc1ccc(NC(=O)COc2ccccc2)cc1F. The number of nitrogens with one attached hydrogen (secondary N) is 1. The molecule has 4 nitrogen and oxygen atoms in total. The summed E-state index contributed by atoms with van der Waals surface area (Å²) in [5.74, 6) is -0.337. The summed E-state index contributed by atoms with van der Waals surface area (Å²) in [6.07, 6.45) is 0. The molecule has 0 aliphatic carbocycles. The molecule has 0 aliphatic heterocycles. The highest BCUT2D eigenvalue weighted by atomic mass is 19.1. The fourth-order valence-electron chi connectivity index (χ4n) is 1.47. The van der Waals surface area contributed by atoms with Gasteiger partial charge in [0.1, 0.15) is 11.6 Å².